The summed E-state index contributed by atoms with van der Waals surface area (Å²) in [7, 11) is 0. The number of ether oxygens (including phenoxy) is 4. The van der Waals surface area contributed by atoms with Gasteiger partial charge in [0.15, 0.2) is 12.6 Å². The maximum absolute atomic E-state index is 11.4. The zero-order chi connectivity index (χ0) is 27.1. The Bertz CT molecular complexity index is 761. The highest BCUT2D eigenvalue weighted by Gasteiger charge is 2.55. The minimum atomic E-state index is -1.96. The highest BCUT2D eigenvalue weighted by Crippen LogP contribution is 2.49. The van der Waals surface area contributed by atoms with Crippen LogP contribution in [0, 0.1) is 11.3 Å². The Hall–Kier alpha value is -0.740. The predicted molar refractivity (Wildman–Crippen MR) is 123 cm³/mol. The smallest absolute Gasteiger partial charge is 0.187 e. The zero-order valence-corrected chi connectivity index (χ0v) is 21.2. The van der Waals surface area contributed by atoms with Gasteiger partial charge in [0.25, 0.3) is 0 Å². The van der Waals surface area contributed by atoms with Crippen LogP contribution in [-0.2, 0) is 18.9 Å². The molecule has 210 valence electrons. The van der Waals surface area contributed by atoms with E-state index in [9.17, 15) is 40.9 Å². The molecule has 2 heterocycles. The normalized spacial score (nSPS) is 48.4. The van der Waals surface area contributed by atoms with Crippen LogP contribution in [0.1, 0.15) is 40.5 Å². The van der Waals surface area contributed by atoms with E-state index < -0.39 is 91.7 Å². The fourth-order valence-electron chi connectivity index (χ4n) is 5.40. The second kappa shape index (κ2) is 11.2. The van der Waals surface area contributed by atoms with Crippen molar-refractivity contribution in [3.8, 4) is 0 Å². The van der Waals surface area contributed by atoms with Crippen molar-refractivity contribution in [3.63, 3.8) is 0 Å². The number of rotatable bonds is 8. The second-order valence-electron chi connectivity index (χ2n) is 11.1. The van der Waals surface area contributed by atoms with Gasteiger partial charge >= 0.3 is 0 Å². The van der Waals surface area contributed by atoms with Crippen molar-refractivity contribution in [1.82, 2.24) is 0 Å². The van der Waals surface area contributed by atoms with E-state index in [1.54, 1.807) is 13.0 Å². The molecule has 1 aliphatic carbocycles. The Balaban J connectivity index is 1.79. The fourth-order valence-corrected chi connectivity index (χ4v) is 5.40. The molecule has 0 radical (unpaired) electrons. The molecule has 0 spiro atoms. The maximum Gasteiger partial charge on any atom is 0.187 e. The molecule has 36 heavy (non-hydrogen) atoms. The molecular weight excluding hydrogens is 480 g/mol. The summed E-state index contributed by atoms with van der Waals surface area (Å²) in [5, 5.41) is 81.9. The summed E-state index contributed by atoms with van der Waals surface area (Å²) in [6.07, 6.45) is -7.39. The molecule has 3 fully saturated rings. The molecular formula is C24H42O12. The molecule has 2 saturated heterocycles. The Morgan fingerprint density at radius 2 is 1.72 bits per heavy atom. The summed E-state index contributed by atoms with van der Waals surface area (Å²) >= 11 is 0. The molecule has 0 aromatic heterocycles. The summed E-state index contributed by atoms with van der Waals surface area (Å²) in [5.74, 6) is -0.298. The van der Waals surface area contributed by atoms with Crippen LogP contribution in [0.2, 0.25) is 0 Å². The molecule has 0 aromatic rings. The minimum Gasteiger partial charge on any atom is -0.394 e. The highest BCUT2D eigenvalue weighted by molar-refractivity contribution is 5.15. The van der Waals surface area contributed by atoms with Crippen LogP contribution in [0.25, 0.3) is 0 Å². The lowest BCUT2D eigenvalue weighted by Gasteiger charge is -2.52. The largest absolute Gasteiger partial charge is 0.394 e. The van der Waals surface area contributed by atoms with Gasteiger partial charge in [0.1, 0.15) is 36.1 Å². The van der Waals surface area contributed by atoms with E-state index in [0.717, 1.165) is 0 Å². The number of hydrogen-bond acceptors (Lipinski definition) is 12. The first-order valence-electron chi connectivity index (χ1n) is 12.3. The van der Waals surface area contributed by atoms with Gasteiger partial charge in [-0.15, -0.1) is 0 Å². The summed E-state index contributed by atoms with van der Waals surface area (Å²) in [5.41, 5.74) is -3.88. The summed E-state index contributed by atoms with van der Waals surface area (Å²) in [4.78, 5) is 0. The van der Waals surface area contributed by atoms with Gasteiger partial charge in [-0.1, -0.05) is 32.9 Å². The molecule has 1 saturated carbocycles. The molecule has 12 atom stereocenters. The van der Waals surface area contributed by atoms with E-state index in [4.69, 9.17) is 18.9 Å². The summed E-state index contributed by atoms with van der Waals surface area (Å²) in [6, 6.07) is 0. The van der Waals surface area contributed by atoms with Crippen molar-refractivity contribution in [2.24, 2.45) is 11.3 Å². The van der Waals surface area contributed by atoms with Crippen molar-refractivity contribution < 1.29 is 59.8 Å². The standard InChI is InChI=1S/C24H42O12/c1-12-7-14(8-22(3,4)24(12,32)6-5-13(2)27)34-20-18(17(29)16(28)15(9-25)35-20)36-21-19(30)23(31,10-26)11-33-21/h5-6,12-21,25-32H,7-11H2,1-4H3/b6-5+/t12-,13-,14+,15-,16-,17+,18-,19+,20-,21+,23-,24-/m1/s1. The lowest BCUT2D eigenvalue weighted by molar-refractivity contribution is -0.348. The monoisotopic (exact) mass is 522 g/mol. The number of hydrogen-bond donors (Lipinski definition) is 8. The minimum absolute atomic E-state index is 0.298. The molecule has 0 bridgehead atoms. The quantitative estimate of drug-likeness (QED) is 0.160. The number of aliphatic hydroxyl groups is 8. The summed E-state index contributed by atoms with van der Waals surface area (Å²) < 4.78 is 22.9. The van der Waals surface area contributed by atoms with E-state index in [1.807, 2.05) is 20.8 Å². The Kier molecular flexibility index (Phi) is 9.25. The van der Waals surface area contributed by atoms with Crippen molar-refractivity contribution in [1.29, 1.82) is 0 Å². The van der Waals surface area contributed by atoms with Gasteiger partial charge in [-0.05, 0) is 31.1 Å². The molecule has 12 nitrogen and oxygen atoms in total. The van der Waals surface area contributed by atoms with Crippen molar-refractivity contribution >= 4 is 0 Å². The maximum atomic E-state index is 11.4. The van der Waals surface area contributed by atoms with Crippen LogP contribution < -0.4 is 0 Å². The van der Waals surface area contributed by atoms with Crippen LogP contribution in [0.5, 0.6) is 0 Å². The van der Waals surface area contributed by atoms with Gasteiger partial charge in [-0.2, -0.15) is 0 Å². The number of aliphatic hydroxyl groups excluding tert-OH is 6. The van der Waals surface area contributed by atoms with Gasteiger partial charge in [0.05, 0.1) is 37.6 Å². The fraction of sp³-hybridized carbons (Fsp3) is 0.917. The average molecular weight is 523 g/mol. The van der Waals surface area contributed by atoms with E-state index in [1.165, 1.54) is 6.08 Å². The molecule has 0 unspecified atom stereocenters. The third kappa shape index (κ3) is 5.65. The van der Waals surface area contributed by atoms with Crippen molar-refractivity contribution in [2.75, 3.05) is 19.8 Å². The zero-order valence-electron chi connectivity index (χ0n) is 21.2. The van der Waals surface area contributed by atoms with Gasteiger partial charge < -0.3 is 59.8 Å². The first-order chi connectivity index (χ1) is 16.7. The van der Waals surface area contributed by atoms with Crippen LogP contribution in [-0.4, -0.2) is 127 Å². The topological polar surface area (TPSA) is 199 Å². The van der Waals surface area contributed by atoms with E-state index in [0.29, 0.717) is 12.8 Å². The third-order valence-electron chi connectivity index (χ3n) is 7.84. The molecule has 0 aromatic carbocycles. The molecule has 0 amide bonds. The molecule has 12 heteroatoms. The highest BCUT2D eigenvalue weighted by atomic mass is 16.8. The first kappa shape index (κ1) is 29.8. The Labute approximate surface area is 210 Å². The van der Waals surface area contributed by atoms with Gasteiger partial charge in [0.2, 0.25) is 0 Å². The van der Waals surface area contributed by atoms with E-state index >= 15 is 0 Å². The third-order valence-corrected chi connectivity index (χ3v) is 7.84. The average Bonchev–Trinajstić information content (AvgIpc) is 3.09. The SMILES string of the molecule is C[C@@H]1C[C@H](O[C@@H]2O[C@H](CO)[C@@H](O)[C@H](O)[C@H]2O[C@@H]2OC[C@](O)(CO)[C@H]2O)CC(C)(C)[C@@]1(O)/C=C/[C@@H](C)O. The lowest BCUT2D eigenvalue weighted by atomic mass is 9.59. The molecule has 3 aliphatic rings. The van der Waals surface area contributed by atoms with Crippen LogP contribution >= 0.6 is 0 Å². The summed E-state index contributed by atoms with van der Waals surface area (Å²) in [6.45, 7) is 5.38. The van der Waals surface area contributed by atoms with Crippen LogP contribution in [0.4, 0.5) is 0 Å². The molecule has 3 rings (SSSR count). The lowest BCUT2D eigenvalue weighted by Crippen LogP contribution is -2.63. The van der Waals surface area contributed by atoms with Crippen LogP contribution in [0.3, 0.4) is 0 Å². The molecule has 2 aliphatic heterocycles. The first-order valence-corrected chi connectivity index (χ1v) is 12.3. The van der Waals surface area contributed by atoms with Crippen molar-refractivity contribution in [3.05, 3.63) is 12.2 Å². The molecule has 8 N–H and O–H groups in total. The van der Waals surface area contributed by atoms with Gasteiger partial charge in [-0.25, -0.2) is 0 Å². The predicted octanol–water partition coefficient (Wildman–Crippen LogP) is -2.24. The van der Waals surface area contributed by atoms with Gasteiger partial charge in [0, 0.05) is 0 Å². The Morgan fingerprint density at radius 1 is 1.06 bits per heavy atom. The van der Waals surface area contributed by atoms with Crippen molar-refractivity contribution in [2.45, 2.75) is 107 Å². The van der Waals surface area contributed by atoms with E-state index in [2.05, 4.69) is 0 Å². The van der Waals surface area contributed by atoms with Gasteiger partial charge in [-0.3, -0.25) is 0 Å². The Morgan fingerprint density at radius 3 is 2.25 bits per heavy atom. The second-order valence-corrected chi connectivity index (χ2v) is 11.1. The van der Waals surface area contributed by atoms with E-state index in [-0.39, 0.29) is 5.92 Å². The van der Waals surface area contributed by atoms with Crippen LogP contribution in [0.15, 0.2) is 12.2 Å².